The van der Waals surface area contributed by atoms with E-state index in [-0.39, 0.29) is 35.5 Å². The number of H-pyrrole nitrogens is 1. The highest BCUT2D eigenvalue weighted by Gasteiger charge is 2.23. The van der Waals surface area contributed by atoms with E-state index in [9.17, 15) is 14.4 Å². The molecular weight excluding hydrogens is 210 g/mol. The molecule has 1 unspecified atom stereocenters. The highest BCUT2D eigenvalue weighted by Crippen LogP contribution is 2.00. The number of carbonyl (C=O) groups excluding carboxylic acids is 2. The van der Waals surface area contributed by atoms with Crippen molar-refractivity contribution in [1.29, 1.82) is 0 Å². The van der Waals surface area contributed by atoms with Gasteiger partial charge in [0, 0.05) is 19.0 Å². The number of hydrogen-bond acceptors (Lipinski definition) is 3. The molecule has 0 aromatic carbocycles. The highest BCUT2D eigenvalue weighted by atomic mass is 16.2. The van der Waals surface area contributed by atoms with Gasteiger partial charge in [-0.2, -0.15) is 0 Å². The SMILES string of the molecule is O=C1CC(NC(=O)c2cccc(=O)[nH]2)CN1. The van der Waals surface area contributed by atoms with E-state index in [1.165, 1.54) is 18.2 Å². The van der Waals surface area contributed by atoms with Crippen LogP contribution in [0, 0.1) is 0 Å². The van der Waals surface area contributed by atoms with Crippen molar-refractivity contribution in [1.82, 2.24) is 15.6 Å². The Morgan fingerprint density at radius 2 is 2.19 bits per heavy atom. The molecule has 6 heteroatoms. The van der Waals surface area contributed by atoms with E-state index in [1.54, 1.807) is 0 Å². The Morgan fingerprint density at radius 3 is 2.81 bits per heavy atom. The summed E-state index contributed by atoms with van der Waals surface area (Å²) >= 11 is 0. The van der Waals surface area contributed by atoms with E-state index >= 15 is 0 Å². The molecule has 16 heavy (non-hydrogen) atoms. The van der Waals surface area contributed by atoms with Crippen LogP contribution in [-0.4, -0.2) is 29.4 Å². The molecule has 1 aromatic heterocycles. The Kier molecular flexibility index (Phi) is 2.72. The molecule has 1 aliphatic heterocycles. The molecule has 1 fully saturated rings. The van der Waals surface area contributed by atoms with E-state index in [4.69, 9.17) is 0 Å². The Bertz CT molecular complexity index is 480. The van der Waals surface area contributed by atoms with Crippen LogP contribution in [0.5, 0.6) is 0 Å². The number of aromatic nitrogens is 1. The van der Waals surface area contributed by atoms with Gasteiger partial charge < -0.3 is 15.6 Å². The van der Waals surface area contributed by atoms with E-state index in [2.05, 4.69) is 15.6 Å². The molecule has 0 aliphatic carbocycles. The predicted octanol–water partition coefficient (Wildman–Crippen LogP) is -1.01. The van der Waals surface area contributed by atoms with Crippen LogP contribution in [0.4, 0.5) is 0 Å². The molecule has 1 atom stereocenters. The van der Waals surface area contributed by atoms with Gasteiger partial charge in [0.2, 0.25) is 11.5 Å². The van der Waals surface area contributed by atoms with E-state index in [0.29, 0.717) is 6.54 Å². The maximum atomic E-state index is 11.6. The van der Waals surface area contributed by atoms with Crippen molar-refractivity contribution < 1.29 is 9.59 Å². The fourth-order valence-corrected chi connectivity index (χ4v) is 1.55. The number of pyridine rings is 1. The van der Waals surface area contributed by atoms with E-state index in [1.807, 2.05) is 0 Å². The Hall–Kier alpha value is -2.11. The molecule has 2 amide bonds. The monoisotopic (exact) mass is 221 g/mol. The lowest BCUT2D eigenvalue weighted by molar-refractivity contribution is -0.119. The van der Waals surface area contributed by atoms with Gasteiger partial charge >= 0.3 is 0 Å². The van der Waals surface area contributed by atoms with Crippen LogP contribution in [0.2, 0.25) is 0 Å². The first-order chi connectivity index (χ1) is 7.65. The standard InChI is InChI=1S/C10H11N3O3/c14-8-3-1-2-7(13-8)10(16)12-6-4-9(15)11-5-6/h1-3,6H,4-5H2,(H,11,15)(H,12,16)(H,13,14). The van der Waals surface area contributed by atoms with Gasteiger partial charge in [0.05, 0.1) is 6.04 Å². The average molecular weight is 221 g/mol. The lowest BCUT2D eigenvalue weighted by Gasteiger charge is -2.09. The molecule has 0 saturated carbocycles. The number of hydrogen-bond donors (Lipinski definition) is 3. The van der Waals surface area contributed by atoms with Crippen LogP contribution in [0.1, 0.15) is 16.9 Å². The summed E-state index contributed by atoms with van der Waals surface area (Å²) < 4.78 is 0. The van der Waals surface area contributed by atoms with Crippen LogP contribution in [0.15, 0.2) is 23.0 Å². The van der Waals surface area contributed by atoms with Gasteiger partial charge in [-0.15, -0.1) is 0 Å². The highest BCUT2D eigenvalue weighted by molar-refractivity contribution is 5.93. The molecule has 1 saturated heterocycles. The Morgan fingerprint density at radius 1 is 1.38 bits per heavy atom. The molecule has 0 spiro atoms. The molecule has 3 N–H and O–H groups in total. The molecule has 0 radical (unpaired) electrons. The minimum atomic E-state index is -0.376. The molecule has 1 aliphatic rings. The fraction of sp³-hybridized carbons (Fsp3) is 0.300. The summed E-state index contributed by atoms with van der Waals surface area (Å²) in [4.78, 5) is 35.9. The van der Waals surface area contributed by atoms with Crippen molar-refractivity contribution in [3.63, 3.8) is 0 Å². The molecule has 1 aromatic rings. The maximum Gasteiger partial charge on any atom is 0.268 e. The maximum absolute atomic E-state index is 11.6. The lowest BCUT2D eigenvalue weighted by Crippen LogP contribution is -2.37. The van der Waals surface area contributed by atoms with Crippen LogP contribution in [0.3, 0.4) is 0 Å². The molecule has 2 heterocycles. The smallest absolute Gasteiger partial charge is 0.268 e. The number of aromatic amines is 1. The third-order valence-corrected chi connectivity index (χ3v) is 2.33. The van der Waals surface area contributed by atoms with E-state index in [0.717, 1.165) is 0 Å². The van der Waals surface area contributed by atoms with Crippen molar-refractivity contribution in [2.24, 2.45) is 0 Å². The predicted molar refractivity (Wildman–Crippen MR) is 55.9 cm³/mol. The first-order valence-corrected chi connectivity index (χ1v) is 4.92. The second-order valence-electron chi connectivity index (χ2n) is 3.61. The van der Waals surface area contributed by atoms with Crippen LogP contribution < -0.4 is 16.2 Å². The number of carbonyl (C=O) groups is 2. The average Bonchev–Trinajstić information content (AvgIpc) is 2.64. The first-order valence-electron chi connectivity index (χ1n) is 4.92. The van der Waals surface area contributed by atoms with E-state index < -0.39 is 0 Å². The molecule has 6 nitrogen and oxygen atoms in total. The first kappa shape index (κ1) is 10.4. The van der Waals surface area contributed by atoms with Gasteiger partial charge in [-0.25, -0.2) is 0 Å². The van der Waals surface area contributed by atoms with Crippen molar-refractivity contribution in [3.8, 4) is 0 Å². The van der Waals surface area contributed by atoms with Crippen molar-refractivity contribution in [2.75, 3.05) is 6.54 Å². The molecular formula is C10H11N3O3. The zero-order chi connectivity index (χ0) is 11.5. The summed E-state index contributed by atoms with van der Waals surface area (Å²) in [6, 6.07) is 4.15. The van der Waals surface area contributed by atoms with Gasteiger partial charge in [-0.3, -0.25) is 14.4 Å². The van der Waals surface area contributed by atoms with Gasteiger partial charge in [-0.1, -0.05) is 6.07 Å². The summed E-state index contributed by atoms with van der Waals surface area (Å²) in [5.41, 5.74) is -0.125. The summed E-state index contributed by atoms with van der Waals surface area (Å²) in [5, 5.41) is 5.27. The zero-order valence-electron chi connectivity index (χ0n) is 8.45. The number of nitrogens with one attached hydrogen (secondary N) is 3. The second-order valence-corrected chi connectivity index (χ2v) is 3.61. The third-order valence-electron chi connectivity index (χ3n) is 2.33. The zero-order valence-corrected chi connectivity index (χ0v) is 8.45. The minimum Gasteiger partial charge on any atom is -0.354 e. The quantitative estimate of drug-likeness (QED) is 0.597. The third kappa shape index (κ3) is 2.28. The van der Waals surface area contributed by atoms with Gasteiger partial charge in [0.25, 0.3) is 5.91 Å². The topological polar surface area (TPSA) is 91.1 Å². The number of amides is 2. The Labute approximate surface area is 91.1 Å². The van der Waals surface area contributed by atoms with Gasteiger partial charge in [0.15, 0.2) is 0 Å². The summed E-state index contributed by atoms with van der Waals surface area (Å²) in [7, 11) is 0. The van der Waals surface area contributed by atoms with Crippen molar-refractivity contribution in [2.45, 2.75) is 12.5 Å². The van der Waals surface area contributed by atoms with Crippen molar-refractivity contribution >= 4 is 11.8 Å². The summed E-state index contributed by atoms with van der Waals surface area (Å²) in [5.74, 6) is -0.453. The fourth-order valence-electron chi connectivity index (χ4n) is 1.55. The summed E-state index contributed by atoms with van der Waals surface area (Å²) in [6.07, 6.45) is 0.281. The second kappa shape index (κ2) is 4.18. The lowest BCUT2D eigenvalue weighted by atomic mass is 10.2. The van der Waals surface area contributed by atoms with Gasteiger partial charge in [0.1, 0.15) is 5.69 Å². The normalized spacial score (nSPS) is 19.2. The largest absolute Gasteiger partial charge is 0.354 e. The number of rotatable bonds is 2. The van der Waals surface area contributed by atoms with Gasteiger partial charge in [-0.05, 0) is 6.07 Å². The summed E-state index contributed by atoms with van der Waals surface area (Å²) in [6.45, 7) is 0.432. The molecule has 0 bridgehead atoms. The minimum absolute atomic E-state index is 0.0770. The molecule has 2 rings (SSSR count). The van der Waals surface area contributed by atoms with Crippen LogP contribution in [-0.2, 0) is 4.79 Å². The van der Waals surface area contributed by atoms with Crippen LogP contribution in [0.25, 0.3) is 0 Å². The van der Waals surface area contributed by atoms with Crippen LogP contribution >= 0.6 is 0 Å². The Balaban J connectivity index is 2.03. The van der Waals surface area contributed by atoms with Crippen molar-refractivity contribution in [3.05, 3.63) is 34.2 Å². The molecule has 84 valence electrons.